The van der Waals surface area contributed by atoms with Crippen LogP contribution in [0.15, 0.2) is 37.1 Å². The van der Waals surface area contributed by atoms with Gasteiger partial charge in [0.25, 0.3) is 0 Å². The fourth-order valence-corrected chi connectivity index (χ4v) is 0.535. The van der Waals surface area contributed by atoms with Gasteiger partial charge in [-0.1, -0.05) is 12.7 Å². The number of rotatable bonds is 1. The Morgan fingerprint density at radius 2 is 2.38 bits per heavy atom. The van der Waals surface area contributed by atoms with Crippen molar-refractivity contribution in [3.8, 4) is 0 Å². The van der Waals surface area contributed by atoms with E-state index < -0.39 is 0 Å². The zero-order valence-corrected chi connectivity index (χ0v) is 4.58. The van der Waals surface area contributed by atoms with E-state index >= 15 is 0 Å². The van der Waals surface area contributed by atoms with Crippen molar-refractivity contribution >= 4 is 0 Å². The third-order valence-electron chi connectivity index (χ3n) is 0.958. The monoisotopic (exact) mass is 108 g/mol. The lowest BCUT2D eigenvalue weighted by Crippen LogP contribution is -2.02. The summed E-state index contributed by atoms with van der Waals surface area (Å²) in [5.41, 5.74) is 0. The van der Waals surface area contributed by atoms with Gasteiger partial charge < -0.3 is 4.74 Å². The Kier molecular flexibility index (Phi) is 1.52. The molecule has 0 radical (unpaired) electrons. The lowest BCUT2D eigenvalue weighted by molar-refractivity contribution is 0.224. The molecule has 1 nitrogen and oxygen atoms in total. The van der Waals surface area contributed by atoms with Crippen LogP contribution in [0.1, 0.15) is 0 Å². The third kappa shape index (κ3) is 0.997. The summed E-state index contributed by atoms with van der Waals surface area (Å²) >= 11 is 0. The van der Waals surface area contributed by atoms with Crippen LogP contribution in [0.5, 0.6) is 0 Å². The molecule has 0 spiro atoms. The van der Waals surface area contributed by atoms with Crippen LogP contribution in [-0.4, -0.2) is 6.10 Å². The van der Waals surface area contributed by atoms with Gasteiger partial charge in [0.1, 0.15) is 6.10 Å². The van der Waals surface area contributed by atoms with Crippen molar-refractivity contribution in [2.45, 2.75) is 6.10 Å². The van der Waals surface area contributed by atoms with Crippen LogP contribution >= 0.6 is 0 Å². The fourth-order valence-electron chi connectivity index (χ4n) is 0.535. The SMILES string of the molecule is C=CC1C=CC=CO1. The average molecular weight is 108 g/mol. The third-order valence-corrected chi connectivity index (χ3v) is 0.958. The molecular formula is C7H8O. The highest BCUT2D eigenvalue weighted by molar-refractivity contribution is 5.11. The van der Waals surface area contributed by atoms with E-state index in [1.165, 1.54) is 0 Å². The number of ether oxygens (including phenoxy) is 1. The molecule has 0 amide bonds. The van der Waals surface area contributed by atoms with Crippen molar-refractivity contribution in [2.75, 3.05) is 0 Å². The standard InChI is InChI=1S/C7H8O/c1-2-7-5-3-4-6-8-7/h2-7H,1H2. The molecule has 1 aliphatic heterocycles. The van der Waals surface area contributed by atoms with E-state index in [-0.39, 0.29) is 6.10 Å². The van der Waals surface area contributed by atoms with Crippen LogP contribution in [-0.2, 0) is 4.74 Å². The van der Waals surface area contributed by atoms with Crippen molar-refractivity contribution in [3.63, 3.8) is 0 Å². The zero-order chi connectivity index (χ0) is 5.82. The maximum atomic E-state index is 5.04. The second-order valence-corrected chi connectivity index (χ2v) is 1.55. The van der Waals surface area contributed by atoms with E-state index in [2.05, 4.69) is 6.58 Å². The molecule has 0 saturated carbocycles. The topological polar surface area (TPSA) is 9.23 Å². The molecule has 0 aromatic heterocycles. The van der Waals surface area contributed by atoms with E-state index in [1.54, 1.807) is 12.3 Å². The lowest BCUT2D eigenvalue weighted by atomic mass is 10.3. The molecule has 0 bridgehead atoms. The molecule has 0 aromatic carbocycles. The van der Waals surface area contributed by atoms with Gasteiger partial charge in [-0.05, 0) is 18.2 Å². The largest absolute Gasteiger partial charge is 0.490 e. The summed E-state index contributed by atoms with van der Waals surface area (Å²) in [5, 5.41) is 0. The van der Waals surface area contributed by atoms with Crippen molar-refractivity contribution < 1.29 is 4.74 Å². The highest BCUT2D eigenvalue weighted by Crippen LogP contribution is 2.01. The maximum absolute atomic E-state index is 5.04. The Hall–Kier alpha value is -0.980. The summed E-state index contributed by atoms with van der Waals surface area (Å²) in [5.74, 6) is 0. The van der Waals surface area contributed by atoms with Gasteiger partial charge in [0.2, 0.25) is 0 Å². The van der Waals surface area contributed by atoms with Crippen LogP contribution in [0.2, 0.25) is 0 Å². The van der Waals surface area contributed by atoms with Crippen LogP contribution < -0.4 is 0 Å². The Bertz CT molecular complexity index is 133. The summed E-state index contributed by atoms with van der Waals surface area (Å²) < 4.78 is 5.04. The molecule has 1 unspecified atom stereocenters. The molecule has 0 fully saturated rings. The molecular weight excluding hydrogens is 100 g/mol. The summed E-state index contributed by atoms with van der Waals surface area (Å²) in [6.45, 7) is 3.57. The molecule has 42 valence electrons. The Morgan fingerprint density at radius 3 is 2.75 bits per heavy atom. The predicted molar refractivity (Wildman–Crippen MR) is 33.3 cm³/mol. The first-order chi connectivity index (χ1) is 3.93. The predicted octanol–water partition coefficient (Wildman–Crippen LogP) is 1.64. The van der Waals surface area contributed by atoms with Gasteiger partial charge in [-0.2, -0.15) is 0 Å². The van der Waals surface area contributed by atoms with Crippen LogP contribution in [0, 0.1) is 0 Å². The number of hydrogen-bond acceptors (Lipinski definition) is 1. The molecule has 0 aromatic rings. The van der Waals surface area contributed by atoms with Gasteiger partial charge in [-0.15, -0.1) is 0 Å². The molecule has 1 atom stereocenters. The fraction of sp³-hybridized carbons (Fsp3) is 0.143. The normalized spacial score (nSPS) is 24.8. The smallest absolute Gasteiger partial charge is 0.134 e. The van der Waals surface area contributed by atoms with Gasteiger partial charge >= 0.3 is 0 Å². The maximum Gasteiger partial charge on any atom is 0.134 e. The summed E-state index contributed by atoms with van der Waals surface area (Å²) in [7, 11) is 0. The van der Waals surface area contributed by atoms with Gasteiger partial charge in [0.05, 0.1) is 6.26 Å². The first-order valence-electron chi connectivity index (χ1n) is 2.55. The molecule has 0 N–H and O–H groups in total. The highest BCUT2D eigenvalue weighted by Gasteiger charge is 1.96. The van der Waals surface area contributed by atoms with E-state index in [0.717, 1.165) is 0 Å². The first kappa shape index (κ1) is 5.16. The van der Waals surface area contributed by atoms with Crippen LogP contribution in [0.25, 0.3) is 0 Å². The van der Waals surface area contributed by atoms with Crippen molar-refractivity contribution in [2.24, 2.45) is 0 Å². The minimum Gasteiger partial charge on any atom is -0.490 e. The van der Waals surface area contributed by atoms with Crippen molar-refractivity contribution in [1.29, 1.82) is 0 Å². The Morgan fingerprint density at radius 1 is 1.50 bits per heavy atom. The average Bonchev–Trinajstić information content (AvgIpc) is 1.90. The summed E-state index contributed by atoms with van der Waals surface area (Å²) in [6.07, 6.45) is 9.22. The number of allylic oxidation sites excluding steroid dienone is 2. The second-order valence-electron chi connectivity index (χ2n) is 1.55. The van der Waals surface area contributed by atoms with Crippen LogP contribution in [0.4, 0.5) is 0 Å². The molecule has 0 aliphatic carbocycles. The minimum atomic E-state index is 0.0833. The van der Waals surface area contributed by atoms with Crippen molar-refractivity contribution in [1.82, 2.24) is 0 Å². The van der Waals surface area contributed by atoms with Gasteiger partial charge in [-0.3, -0.25) is 0 Å². The molecule has 8 heavy (non-hydrogen) atoms. The van der Waals surface area contributed by atoms with E-state index in [4.69, 9.17) is 4.74 Å². The van der Waals surface area contributed by atoms with Gasteiger partial charge in [0.15, 0.2) is 0 Å². The number of hydrogen-bond donors (Lipinski definition) is 0. The molecule has 0 saturated heterocycles. The molecule has 1 heterocycles. The Balaban J connectivity index is 2.51. The summed E-state index contributed by atoms with van der Waals surface area (Å²) in [6, 6.07) is 0. The lowest BCUT2D eigenvalue weighted by Gasteiger charge is -2.08. The van der Waals surface area contributed by atoms with Gasteiger partial charge in [-0.25, -0.2) is 0 Å². The zero-order valence-electron chi connectivity index (χ0n) is 4.58. The van der Waals surface area contributed by atoms with Crippen molar-refractivity contribution in [3.05, 3.63) is 37.1 Å². The molecule has 1 aliphatic rings. The van der Waals surface area contributed by atoms with E-state index in [1.807, 2.05) is 18.2 Å². The molecule has 1 rings (SSSR count). The second kappa shape index (κ2) is 2.36. The quantitative estimate of drug-likeness (QED) is 0.464. The van der Waals surface area contributed by atoms with Crippen LogP contribution in [0.3, 0.4) is 0 Å². The Labute approximate surface area is 49.0 Å². The van der Waals surface area contributed by atoms with Gasteiger partial charge in [0, 0.05) is 0 Å². The first-order valence-corrected chi connectivity index (χ1v) is 2.55. The van der Waals surface area contributed by atoms with E-state index in [0.29, 0.717) is 0 Å². The highest BCUT2D eigenvalue weighted by atomic mass is 16.5. The van der Waals surface area contributed by atoms with E-state index in [9.17, 15) is 0 Å². The molecule has 1 heteroatoms. The minimum absolute atomic E-state index is 0.0833. The summed E-state index contributed by atoms with van der Waals surface area (Å²) in [4.78, 5) is 0.